The Balaban J connectivity index is 0.000000172. The van der Waals surface area contributed by atoms with E-state index in [1.165, 1.54) is 54.1 Å². The number of fused-ring (bicyclic) bond motifs is 2. The van der Waals surface area contributed by atoms with Gasteiger partial charge in [-0.1, -0.05) is 24.3 Å². The van der Waals surface area contributed by atoms with Crippen molar-refractivity contribution in [3.8, 4) is 34.5 Å². The predicted molar refractivity (Wildman–Crippen MR) is 211 cm³/mol. The van der Waals surface area contributed by atoms with Gasteiger partial charge in [-0.05, 0) is 122 Å². The number of nitrogens with zero attached hydrogens (tertiary/aromatic N) is 1. The van der Waals surface area contributed by atoms with Crippen molar-refractivity contribution in [3.63, 3.8) is 0 Å². The molecule has 1 N–H and O–H groups in total. The standard InChI is InChI=1S/C27H25F2NO4.C19H20FNO3/c28-21-5-1-18(2-6-21)24-11-12-30(15-25(31)19-3-7-22(29)8-4-19)14-20(24)16-32-23-9-10-26-27(13-23)34-17-33-26;20-15-3-1-13(2-4-15)17-7-8-21-10-14(17)11-22-16-5-6-18-19(9-16)24-12-23-18/h1-10,13,20,24H,11-12,14-17H2;1-6,9,14,17,21H,7-8,10-12H2/t20-,24-;14-,17-/m00/s1. The summed E-state index contributed by atoms with van der Waals surface area (Å²) in [5.41, 5.74) is 2.73. The van der Waals surface area contributed by atoms with Crippen molar-refractivity contribution >= 4 is 5.78 Å². The minimum atomic E-state index is -0.364. The van der Waals surface area contributed by atoms with Crippen molar-refractivity contribution in [3.05, 3.63) is 143 Å². The van der Waals surface area contributed by atoms with Gasteiger partial charge in [0, 0.05) is 42.6 Å². The fourth-order valence-corrected chi connectivity index (χ4v) is 8.09. The quantitative estimate of drug-likeness (QED) is 0.133. The number of benzene rings is 5. The molecule has 0 amide bonds. The summed E-state index contributed by atoms with van der Waals surface area (Å²) in [7, 11) is 0. The number of hydrogen-bond acceptors (Lipinski definition) is 9. The van der Waals surface area contributed by atoms with Crippen LogP contribution < -0.4 is 33.7 Å². The van der Waals surface area contributed by atoms with Crippen LogP contribution in [0.15, 0.2) is 109 Å². The first-order chi connectivity index (χ1) is 28.3. The first-order valence-electron chi connectivity index (χ1n) is 19.6. The molecular formula is C46H45F3N2O7. The highest BCUT2D eigenvalue weighted by atomic mass is 19.1. The van der Waals surface area contributed by atoms with Crippen LogP contribution >= 0.6 is 0 Å². The lowest BCUT2D eigenvalue weighted by atomic mass is 9.80. The lowest BCUT2D eigenvalue weighted by Gasteiger charge is -2.38. The number of carbonyl (C=O) groups is 1. The summed E-state index contributed by atoms with van der Waals surface area (Å²) in [5, 5.41) is 3.43. The van der Waals surface area contributed by atoms with Crippen LogP contribution in [0, 0.1) is 29.3 Å². The van der Waals surface area contributed by atoms with Crippen molar-refractivity contribution in [1.82, 2.24) is 10.2 Å². The summed E-state index contributed by atoms with van der Waals surface area (Å²) in [6.45, 7) is 5.01. The van der Waals surface area contributed by atoms with Crippen molar-refractivity contribution in [2.45, 2.75) is 24.7 Å². The molecule has 0 bridgehead atoms. The molecule has 0 aromatic heterocycles. The van der Waals surface area contributed by atoms with Gasteiger partial charge in [-0.15, -0.1) is 0 Å². The van der Waals surface area contributed by atoms with Gasteiger partial charge in [0.1, 0.15) is 29.0 Å². The molecule has 4 aliphatic rings. The number of Topliss-reactive ketones (excluding diaryl/α,β-unsaturated/α-hetero) is 1. The van der Waals surface area contributed by atoms with Gasteiger partial charge in [0.25, 0.3) is 0 Å². The summed E-state index contributed by atoms with van der Waals surface area (Å²) < 4.78 is 73.5. The maximum absolute atomic E-state index is 13.5. The summed E-state index contributed by atoms with van der Waals surface area (Å²) in [6.07, 6.45) is 1.85. The number of likely N-dealkylation sites (tertiary alicyclic amines) is 1. The molecule has 58 heavy (non-hydrogen) atoms. The molecule has 302 valence electrons. The van der Waals surface area contributed by atoms with Gasteiger partial charge >= 0.3 is 0 Å². The molecule has 9 rings (SSSR count). The van der Waals surface area contributed by atoms with Crippen molar-refractivity contribution in [2.75, 3.05) is 59.5 Å². The van der Waals surface area contributed by atoms with E-state index >= 15 is 0 Å². The first-order valence-corrected chi connectivity index (χ1v) is 19.6. The second-order valence-electron chi connectivity index (χ2n) is 14.9. The molecule has 5 aromatic rings. The number of carbonyl (C=O) groups excluding carboxylic acids is 1. The van der Waals surface area contributed by atoms with E-state index in [9.17, 15) is 18.0 Å². The third-order valence-electron chi connectivity index (χ3n) is 11.2. The molecule has 0 saturated carbocycles. The average Bonchev–Trinajstić information content (AvgIpc) is 3.93. The van der Waals surface area contributed by atoms with Gasteiger partial charge in [-0.3, -0.25) is 9.69 Å². The highest BCUT2D eigenvalue weighted by molar-refractivity contribution is 5.97. The third kappa shape index (κ3) is 9.69. The van der Waals surface area contributed by atoms with Crippen molar-refractivity contribution in [2.24, 2.45) is 11.8 Å². The SMILES string of the molecule is Fc1ccc([C@@H]2CCNC[C@H]2COc2ccc3c(c2)OCO3)cc1.O=C(CN1CC[C@@H](c2ccc(F)cc2)[C@H](COc2ccc3c(c2)OCO3)C1)c1ccc(F)cc1. The van der Waals surface area contributed by atoms with Crippen LogP contribution in [-0.4, -0.2) is 70.2 Å². The number of rotatable bonds is 11. The van der Waals surface area contributed by atoms with Gasteiger partial charge in [0.05, 0.1) is 19.8 Å². The van der Waals surface area contributed by atoms with E-state index in [0.29, 0.717) is 54.4 Å². The van der Waals surface area contributed by atoms with Gasteiger partial charge < -0.3 is 33.7 Å². The van der Waals surface area contributed by atoms with E-state index in [4.69, 9.17) is 28.4 Å². The van der Waals surface area contributed by atoms with E-state index in [0.717, 1.165) is 55.3 Å². The van der Waals surface area contributed by atoms with Crippen molar-refractivity contribution < 1.29 is 46.4 Å². The fourth-order valence-electron chi connectivity index (χ4n) is 8.09. The molecule has 0 spiro atoms. The largest absolute Gasteiger partial charge is 0.493 e. The Morgan fingerprint density at radius 2 is 1.12 bits per heavy atom. The molecule has 4 aliphatic heterocycles. The van der Waals surface area contributed by atoms with Crippen LogP contribution in [0.2, 0.25) is 0 Å². The molecule has 9 nitrogen and oxygen atoms in total. The Labute approximate surface area is 335 Å². The topological polar surface area (TPSA) is 87.7 Å². The molecule has 0 unspecified atom stereocenters. The first kappa shape index (κ1) is 39.1. The Kier molecular flexibility index (Phi) is 12.3. The number of ketones is 1. The van der Waals surface area contributed by atoms with Gasteiger partial charge in [0.15, 0.2) is 28.8 Å². The lowest BCUT2D eigenvalue weighted by molar-refractivity contribution is 0.0806. The zero-order chi connectivity index (χ0) is 39.8. The highest BCUT2D eigenvalue weighted by Gasteiger charge is 2.32. The maximum atomic E-state index is 13.5. The molecule has 0 aliphatic carbocycles. The highest BCUT2D eigenvalue weighted by Crippen LogP contribution is 2.38. The second-order valence-corrected chi connectivity index (χ2v) is 14.9. The van der Waals surface area contributed by atoms with E-state index in [1.807, 2.05) is 60.7 Å². The Hall–Kier alpha value is -5.72. The van der Waals surface area contributed by atoms with Gasteiger partial charge in [-0.2, -0.15) is 0 Å². The van der Waals surface area contributed by atoms with Gasteiger partial charge in [-0.25, -0.2) is 13.2 Å². The minimum absolute atomic E-state index is 0.0457. The summed E-state index contributed by atoms with van der Waals surface area (Å²) in [4.78, 5) is 14.9. The normalized spacial score (nSPS) is 20.8. The Morgan fingerprint density at radius 1 is 0.621 bits per heavy atom. The Bertz CT molecular complexity index is 2150. The molecular weight excluding hydrogens is 750 g/mol. The van der Waals surface area contributed by atoms with Gasteiger partial charge in [0.2, 0.25) is 13.6 Å². The second kappa shape index (κ2) is 18.3. The maximum Gasteiger partial charge on any atom is 0.231 e. The van der Waals surface area contributed by atoms with Crippen molar-refractivity contribution in [1.29, 1.82) is 0 Å². The minimum Gasteiger partial charge on any atom is -0.493 e. The number of hydrogen-bond donors (Lipinski definition) is 1. The molecule has 2 saturated heterocycles. The molecule has 2 fully saturated rings. The number of piperidine rings is 2. The van der Waals surface area contributed by atoms with Crippen LogP contribution in [0.25, 0.3) is 0 Å². The molecule has 12 heteroatoms. The van der Waals surface area contributed by atoms with E-state index < -0.39 is 0 Å². The molecule has 4 heterocycles. The van der Waals surface area contributed by atoms with Crippen LogP contribution in [0.4, 0.5) is 13.2 Å². The third-order valence-corrected chi connectivity index (χ3v) is 11.2. The zero-order valence-electron chi connectivity index (χ0n) is 31.9. The fraction of sp³-hybridized carbons (Fsp3) is 0.326. The number of ether oxygens (including phenoxy) is 6. The Morgan fingerprint density at radius 3 is 1.69 bits per heavy atom. The molecule has 0 radical (unpaired) electrons. The molecule has 5 aromatic carbocycles. The smallest absolute Gasteiger partial charge is 0.231 e. The molecule has 4 atom stereocenters. The number of halogens is 3. The zero-order valence-corrected chi connectivity index (χ0v) is 31.9. The van der Waals surface area contributed by atoms with E-state index in [1.54, 1.807) is 0 Å². The monoisotopic (exact) mass is 794 g/mol. The summed E-state index contributed by atoms with van der Waals surface area (Å²) in [6, 6.07) is 30.2. The van der Waals surface area contributed by atoms with E-state index in [2.05, 4.69) is 10.2 Å². The lowest BCUT2D eigenvalue weighted by Crippen LogP contribution is -2.44. The van der Waals surface area contributed by atoms with Crippen LogP contribution in [0.3, 0.4) is 0 Å². The van der Waals surface area contributed by atoms with Crippen LogP contribution in [0.1, 0.15) is 46.2 Å². The van der Waals surface area contributed by atoms with Crippen LogP contribution in [0.5, 0.6) is 34.5 Å². The average molecular weight is 795 g/mol. The summed E-state index contributed by atoms with van der Waals surface area (Å²) >= 11 is 0. The number of nitrogens with one attached hydrogen (secondary N) is 1. The van der Waals surface area contributed by atoms with Crippen LogP contribution in [-0.2, 0) is 0 Å². The predicted octanol–water partition coefficient (Wildman–Crippen LogP) is 8.39. The summed E-state index contributed by atoms with van der Waals surface area (Å²) in [5.74, 6) is 4.41. The van der Waals surface area contributed by atoms with E-state index in [-0.39, 0.29) is 55.2 Å².